The summed E-state index contributed by atoms with van der Waals surface area (Å²) in [5, 5.41) is 1.61. The summed E-state index contributed by atoms with van der Waals surface area (Å²) in [6.45, 7) is 7.53. The first-order valence-corrected chi connectivity index (χ1v) is 11.1. The summed E-state index contributed by atoms with van der Waals surface area (Å²) in [4.78, 5) is 35.2. The molecule has 0 saturated heterocycles. The van der Waals surface area contributed by atoms with Crippen molar-refractivity contribution in [2.45, 2.75) is 39.2 Å². The molecule has 0 aliphatic heterocycles. The third kappa shape index (κ3) is 9.32. The van der Waals surface area contributed by atoms with Crippen LogP contribution in [0.5, 0.6) is 5.75 Å². The number of benzene rings is 2. The van der Waals surface area contributed by atoms with Crippen molar-refractivity contribution < 1.29 is 33.3 Å². The molecule has 0 radical (unpaired) electrons. The molecular formula is C27H30O7. The average molecular weight is 467 g/mol. The lowest BCUT2D eigenvalue weighted by molar-refractivity contribution is -0.137. The van der Waals surface area contributed by atoms with Gasteiger partial charge in [-0.2, -0.15) is 0 Å². The third-order valence-electron chi connectivity index (χ3n) is 4.65. The van der Waals surface area contributed by atoms with Crippen LogP contribution in [0.25, 0.3) is 10.8 Å². The molecule has 2 aromatic carbocycles. The van der Waals surface area contributed by atoms with Gasteiger partial charge in [0, 0.05) is 6.08 Å². The number of hydrogen-bond acceptors (Lipinski definition) is 7. The maximum Gasteiger partial charge on any atom is 0.513 e. The number of carbonyl (C=O) groups is 3. The Morgan fingerprint density at radius 2 is 1.65 bits per heavy atom. The topological polar surface area (TPSA) is 88.1 Å². The zero-order valence-corrected chi connectivity index (χ0v) is 19.5. The van der Waals surface area contributed by atoms with E-state index in [9.17, 15) is 14.4 Å². The molecule has 7 nitrogen and oxygen atoms in total. The van der Waals surface area contributed by atoms with E-state index in [1.165, 1.54) is 0 Å². The van der Waals surface area contributed by atoms with Crippen LogP contribution in [-0.2, 0) is 19.0 Å². The summed E-state index contributed by atoms with van der Waals surface area (Å²) >= 11 is 0. The minimum Gasteiger partial charge on any atom is -0.463 e. The van der Waals surface area contributed by atoms with Gasteiger partial charge in [0.25, 0.3) is 0 Å². The van der Waals surface area contributed by atoms with E-state index in [4.69, 9.17) is 18.9 Å². The van der Waals surface area contributed by atoms with Crippen LogP contribution >= 0.6 is 0 Å². The molecule has 7 heteroatoms. The summed E-state index contributed by atoms with van der Waals surface area (Å²) in [6.07, 6.45) is 9.38. The van der Waals surface area contributed by atoms with Crippen molar-refractivity contribution in [3.63, 3.8) is 0 Å². The molecule has 0 spiro atoms. The van der Waals surface area contributed by atoms with Crippen molar-refractivity contribution in [1.82, 2.24) is 0 Å². The highest BCUT2D eigenvalue weighted by Crippen LogP contribution is 2.23. The first-order chi connectivity index (χ1) is 16.4. The number of carbonyl (C=O) groups excluding carboxylic acids is 3. The maximum atomic E-state index is 12.4. The average Bonchev–Trinajstić information content (AvgIpc) is 2.83. The second-order valence-corrected chi connectivity index (χ2v) is 7.38. The van der Waals surface area contributed by atoms with Crippen molar-refractivity contribution >= 4 is 28.9 Å². The lowest BCUT2D eigenvalue weighted by Gasteiger charge is -2.10. The van der Waals surface area contributed by atoms with Crippen LogP contribution in [0.4, 0.5) is 4.79 Å². The molecule has 2 aromatic rings. The minimum atomic E-state index is -0.794. The fourth-order valence-electron chi connectivity index (χ4n) is 2.92. The molecule has 0 saturated carbocycles. The Labute approximate surface area is 199 Å². The monoisotopic (exact) mass is 466 g/mol. The number of unbranched alkanes of at least 4 members (excludes halogenated alkanes) is 2. The standard InChI is InChI=1S/C27H30O7/c1-4-6-8-11-20(3)33-26(29)23-13-12-22-19-24(15-14-21(22)18-23)34-27(30)32-17-10-7-9-16-31-25(28)5-2/h4-6,8,11-15,18-20H,2,7,9-10,16-17H2,1,3H3/b6-4-,11-8-. The van der Waals surface area contributed by atoms with Gasteiger partial charge in [-0.15, -0.1) is 0 Å². The van der Waals surface area contributed by atoms with Gasteiger partial charge in [0.05, 0.1) is 18.8 Å². The third-order valence-corrected chi connectivity index (χ3v) is 4.65. The zero-order chi connectivity index (χ0) is 24.8. The second kappa shape index (κ2) is 14.3. The van der Waals surface area contributed by atoms with E-state index < -0.39 is 18.1 Å². The van der Waals surface area contributed by atoms with Crippen molar-refractivity contribution in [2.24, 2.45) is 0 Å². The van der Waals surface area contributed by atoms with E-state index in [0.29, 0.717) is 30.8 Å². The van der Waals surface area contributed by atoms with Crippen LogP contribution in [0.2, 0.25) is 0 Å². The molecule has 0 aliphatic rings. The molecule has 0 N–H and O–H groups in total. The van der Waals surface area contributed by atoms with E-state index in [2.05, 4.69) is 6.58 Å². The second-order valence-electron chi connectivity index (χ2n) is 7.38. The molecule has 0 bridgehead atoms. The summed E-state index contributed by atoms with van der Waals surface area (Å²) in [6, 6.07) is 10.3. The smallest absolute Gasteiger partial charge is 0.463 e. The molecule has 34 heavy (non-hydrogen) atoms. The molecule has 180 valence electrons. The Hall–Kier alpha value is -3.87. The van der Waals surface area contributed by atoms with E-state index in [0.717, 1.165) is 23.3 Å². The van der Waals surface area contributed by atoms with Crippen molar-refractivity contribution in [3.8, 4) is 5.75 Å². The van der Waals surface area contributed by atoms with E-state index in [1.807, 2.05) is 25.2 Å². The summed E-state index contributed by atoms with van der Waals surface area (Å²) in [5.41, 5.74) is 0.436. The number of ether oxygens (including phenoxy) is 4. The van der Waals surface area contributed by atoms with Crippen molar-refractivity contribution in [3.05, 3.63) is 78.9 Å². The van der Waals surface area contributed by atoms with E-state index in [1.54, 1.807) is 49.4 Å². The SMILES string of the molecule is C=CC(=O)OCCCCCOC(=O)Oc1ccc2cc(C(=O)OC(C)/C=C\C=C/C)ccc2c1. The molecule has 0 heterocycles. The first-order valence-electron chi connectivity index (χ1n) is 11.1. The van der Waals surface area contributed by atoms with Crippen LogP contribution in [0.3, 0.4) is 0 Å². The molecule has 0 amide bonds. The predicted molar refractivity (Wildman–Crippen MR) is 130 cm³/mol. The van der Waals surface area contributed by atoms with Crippen LogP contribution in [0, 0.1) is 0 Å². The van der Waals surface area contributed by atoms with Gasteiger partial charge in [-0.1, -0.05) is 36.9 Å². The van der Waals surface area contributed by atoms with Crippen LogP contribution in [-0.4, -0.2) is 37.4 Å². The number of allylic oxidation sites excluding steroid dienone is 3. The minimum absolute atomic E-state index is 0.204. The van der Waals surface area contributed by atoms with Crippen LogP contribution in [0.1, 0.15) is 43.5 Å². The molecule has 2 rings (SSSR count). The van der Waals surface area contributed by atoms with Gasteiger partial charge >= 0.3 is 18.1 Å². The van der Waals surface area contributed by atoms with E-state index >= 15 is 0 Å². The normalized spacial score (nSPS) is 11.9. The Morgan fingerprint density at radius 1 is 0.941 bits per heavy atom. The van der Waals surface area contributed by atoms with Crippen LogP contribution < -0.4 is 4.74 Å². The number of fused-ring (bicyclic) bond motifs is 1. The fourth-order valence-corrected chi connectivity index (χ4v) is 2.92. The molecular weight excluding hydrogens is 436 g/mol. The first kappa shape index (κ1) is 26.4. The lowest BCUT2D eigenvalue weighted by Crippen LogP contribution is -2.13. The number of hydrogen-bond donors (Lipinski definition) is 0. The highest BCUT2D eigenvalue weighted by Gasteiger charge is 2.12. The number of esters is 2. The van der Waals surface area contributed by atoms with Gasteiger partial charge in [0.1, 0.15) is 11.9 Å². The number of rotatable bonds is 12. The van der Waals surface area contributed by atoms with Gasteiger partial charge in [-0.3, -0.25) is 0 Å². The fraction of sp³-hybridized carbons (Fsp3) is 0.296. The van der Waals surface area contributed by atoms with Gasteiger partial charge in [-0.05, 0) is 74.2 Å². The Morgan fingerprint density at radius 3 is 2.38 bits per heavy atom. The molecule has 0 aromatic heterocycles. The molecule has 0 aliphatic carbocycles. The van der Waals surface area contributed by atoms with Crippen molar-refractivity contribution in [2.75, 3.05) is 13.2 Å². The van der Waals surface area contributed by atoms with Gasteiger partial charge in [0.15, 0.2) is 0 Å². The Balaban J connectivity index is 1.81. The Bertz CT molecular complexity index is 1050. The summed E-state index contributed by atoms with van der Waals surface area (Å²) < 4.78 is 20.6. The maximum absolute atomic E-state index is 12.4. The zero-order valence-electron chi connectivity index (χ0n) is 19.5. The van der Waals surface area contributed by atoms with Gasteiger partial charge in [0.2, 0.25) is 0 Å². The predicted octanol–water partition coefficient (Wildman–Crippen LogP) is 5.93. The van der Waals surface area contributed by atoms with Crippen LogP contribution in [0.15, 0.2) is 73.4 Å². The Kier molecular flexibility index (Phi) is 11.1. The molecule has 1 unspecified atom stereocenters. The quantitative estimate of drug-likeness (QED) is 0.0956. The summed E-state index contributed by atoms with van der Waals surface area (Å²) in [7, 11) is 0. The highest BCUT2D eigenvalue weighted by atomic mass is 16.7. The largest absolute Gasteiger partial charge is 0.513 e. The highest BCUT2D eigenvalue weighted by molar-refractivity contribution is 5.96. The summed E-state index contributed by atoms with van der Waals surface area (Å²) in [5.74, 6) is -0.525. The van der Waals surface area contributed by atoms with E-state index in [-0.39, 0.29) is 12.7 Å². The molecule has 0 fully saturated rings. The lowest BCUT2D eigenvalue weighted by atomic mass is 10.1. The van der Waals surface area contributed by atoms with Gasteiger partial charge in [-0.25, -0.2) is 14.4 Å². The molecule has 1 atom stereocenters. The van der Waals surface area contributed by atoms with Gasteiger partial charge < -0.3 is 18.9 Å². The van der Waals surface area contributed by atoms with Crippen molar-refractivity contribution in [1.29, 1.82) is 0 Å².